The summed E-state index contributed by atoms with van der Waals surface area (Å²) in [4.78, 5) is 30.8. The van der Waals surface area contributed by atoms with E-state index in [1.54, 1.807) is 28.5 Å². The summed E-state index contributed by atoms with van der Waals surface area (Å²) < 4.78 is 0. The highest BCUT2D eigenvalue weighted by Gasteiger charge is 2.20. The molecule has 0 aliphatic heterocycles. The third-order valence-electron chi connectivity index (χ3n) is 4.44. The van der Waals surface area contributed by atoms with E-state index >= 15 is 0 Å². The van der Waals surface area contributed by atoms with Crippen LogP contribution >= 0.6 is 34.5 Å². The molecule has 3 rings (SSSR count). The average molecular weight is 445 g/mol. The quantitative estimate of drug-likeness (QED) is 0.327. The first-order valence-electron chi connectivity index (χ1n) is 8.78. The van der Waals surface area contributed by atoms with Gasteiger partial charge in [0.05, 0.1) is 16.4 Å². The van der Waals surface area contributed by atoms with Gasteiger partial charge in [-0.15, -0.1) is 11.3 Å². The highest BCUT2D eigenvalue weighted by molar-refractivity contribution is 7.14. The van der Waals surface area contributed by atoms with Crippen molar-refractivity contribution >= 4 is 63.1 Å². The Kier molecular flexibility index (Phi) is 6.52. The second kappa shape index (κ2) is 8.91. The van der Waals surface area contributed by atoms with E-state index < -0.39 is 0 Å². The molecule has 0 fully saturated rings. The van der Waals surface area contributed by atoms with Crippen LogP contribution in [0.5, 0.6) is 0 Å². The van der Waals surface area contributed by atoms with Gasteiger partial charge in [0.25, 0.3) is 0 Å². The van der Waals surface area contributed by atoms with Gasteiger partial charge in [0.15, 0.2) is 10.9 Å². The Morgan fingerprint density at radius 2 is 1.90 bits per heavy atom. The van der Waals surface area contributed by atoms with Gasteiger partial charge in [-0.3, -0.25) is 14.5 Å². The predicted molar refractivity (Wildman–Crippen MR) is 121 cm³/mol. The number of amides is 1. The Balaban J connectivity index is 1.87. The number of benzene rings is 2. The normalized spacial score (nSPS) is 11.1. The van der Waals surface area contributed by atoms with E-state index in [0.29, 0.717) is 26.4 Å². The molecule has 0 N–H and O–H groups in total. The Labute approximate surface area is 183 Å². The molecule has 0 atom stereocenters. The number of halogens is 2. The molecule has 7 heteroatoms. The summed E-state index contributed by atoms with van der Waals surface area (Å²) in [5, 5.41) is 3.10. The van der Waals surface area contributed by atoms with Crippen molar-refractivity contribution in [3.05, 3.63) is 80.3 Å². The van der Waals surface area contributed by atoms with E-state index in [2.05, 4.69) is 4.98 Å². The molecule has 2 aromatic carbocycles. The van der Waals surface area contributed by atoms with Gasteiger partial charge in [-0.2, -0.15) is 0 Å². The topological polar surface area (TPSA) is 50.3 Å². The monoisotopic (exact) mass is 444 g/mol. The number of hydrogen-bond donors (Lipinski definition) is 0. The summed E-state index contributed by atoms with van der Waals surface area (Å²) in [5.41, 5.74) is 3.85. The van der Waals surface area contributed by atoms with Crippen molar-refractivity contribution in [2.75, 3.05) is 4.90 Å². The highest BCUT2D eigenvalue weighted by Crippen LogP contribution is 2.32. The van der Waals surface area contributed by atoms with Gasteiger partial charge in [0.2, 0.25) is 5.91 Å². The predicted octanol–water partition coefficient (Wildman–Crippen LogP) is 6.65. The van der Waals surface area contributed by atoms with E-state index in [9.17, 15) is 9.59 Å². The lowest BCUT2D eigenvalue weighted by molar-refractivity contribution is -0.115. The number of ketones is 1. The molecule has 0 saturated heterocycles. The molecule has 4 nitrogen and oxygen atoms in total. The van der Waals surface area contributed by atoms with Crippen molar-refractivity contribution in [3.8, 4) is 0 Å². The summed E-state index contributed by atoms with van der Waals surface area (Å²) in [6.45, 7) is 5.48. The fourth-order valence-corrected chi connectivity index (χ4v) is 4.13. The third-order valence-corrected chi connectivity index (χ3v) is 5.83. The molecule has 0 spiro atoms. The lowest BCUT2D eigenvalue weighted by atomic mass is 10.1. The molecule has 0 aliphatic rings. The van der Waals surface area contributed by atoms with Gasteiger partial charge < -0.3 is 0 Å². The van der Waals surface area contributed by atoms with E-state index in [0.717, 1.165) is 16.8 Å². The van der Waals surface area contributed by atoms with Gasteiger partial charge in [-0.25, -0.2) is 4.98 Å². The standard InChI is InChI=1S/C22H18Cl2N2O2S/c1-13-5-4-6-20(14(13)2)26(15(3)27)22-25-17(12-29-22)8-10-21(28)18-9-7-16(23)11-19(18)24/h4-12H,1-3H3/b10-8+. The Morgan fingerprint density at radius 3 is 2.59 bits per heavy atom. The van der Waals surface area contributed by atoms with Crippen LogP contribution in [0.3, 0.4) is 0 Å². The largest absolute Gasteiger partial charge is 0.289 e. The van der Waals surface area contributed by atoms with Crippen molar-refractivity contribution in [2.24, 2.45) is 0 Å². The van der Waals surface area contributed by atoms with E-state index in [1.807, 2.05) is 32.0 Å². The van der Waals surface area contributed by atoms with Gasteiger partial charge in [-0.1, -0.05) is 35.3 Å². The first-order chi connectivity index (χ1) is 13.8. The number of anilines is 2. The molecule has 0 aliphatic carbocycles. The fraction of sp³-hybridized carbons (Fsp3) is 0.136. The number of nitrogens with zero attached hydrogens (tertiary/aromatic N) is 2. The first-order valence-corrected chi connectivity index (χ1v) is 10.4. The number of aryl methyl sites for hydroxylation is 1. The number of allylic oxidation sites excluding steroid dienone is 1. The van der Waals surface area contributed by atoms with Gasteiger partial charge in [0, 0.05) is 22.9 Å². The molecule has 29 heavy (non-hydrogen) atoms. The molecule has 3 aromatic rings. The van der Waals surface area contributed by atoms with Crippen molar-refractivity contribution in [1.29, 1.82) is 0 Å². The van der Waals surface area contributed by atoms with Crippen molar-refractivity contribution in [1.82, 2.24) is 4.98 Å². The molecule has 0 radical (unpaired) electrons. The molecular weight excluding hydrogens is 427 g/mol. The minimum Gasteiger partial charge on any atom is -0.289 e. The zero-order valence-electron chi connectivity index (χ0n) is 16.1. The number of carbonyl (C=O) groups excluding carboxylic acids is 2. The Morgan fingerprint density at radius 1 is 1.14 bits per heavy atom. The highest BCUT2D eigenvalue weighted by atomic mass is 35.5. The molecular formula is C22H18Cl2N2O2S. The second-order valence-corrected chi connectivity index (χ2v) is 8.13. The lowest BCUT2D eigenvalue weighted by Gasteiger charge is -2.21. The van der Waals surface area contributed by atoms with Gasteiger partial charge >= 0.3 is 0 Å². The summed E-state index contributed by atoms with van der Waals surface area (Å²) in [7, 11) is 0. The van der Waals surface area contributed by atoms with Crippen molar-refractivity contribution < 1.29 is 9.59 Å². The molecule has 0 saturated carbocycles. The van der Waals surface area contributed by atoms with Crippen LogP contribution in [0, 0.1) is 13.8 Å². The van der Waals surface area contributed by atoms with Crippen LogP contribution in [-0.4, -0.2) is 16.7 Å². The number of hydrogen-bond acceptors (Lipinski definition) is 4. The summed E-state index contributed by atoms with van der Waals surface area (Å²) in [5.74, 6) is -0.383. The average Bonchev–Trinajstić information content (AvgIpc) is 3.11. The minimum absolute atomic E-state index is 0.132. The van der Waals surface area contributed by atoms with Crippen LogP contribution in [0.25, 0.3) is 6.08 Å². The Hall–Kier alpha value is -2.47. The van der Waals surface area contributed by atoms with Crippen LogP contribution in [0.15, 0.2) is 47.9 Å². The van der Waals surface area contributed by atoms with Crippen LogP contribution in [0.4, 0.5) is 10.8 Å². The summed E-state index contributed by atoms with van der Waals surface area (Å²) in [6.07, 6.45) is 3.01. The number of carbonyl (C=O) groups is 2. The maximum Gasteiger partial charge on any atom is 0.230 e. The number of rotatable bonds is 5. The van der Waals surface area contributed by atoms with Crippen LogP contribution in [0.2, 0.25) is 10.0 Å². The van der Waals surface area contributed by atoms with Crippen molar-refractivity contribution in [2.45, 2.75) is 20.8 Å². The number of aromatic nitrogens is 1. The van der Waals surface area contributed by atoms with Crippen LogP contribution in [0.1, 0.15) is 34.1 Å². The van der Waals surface area contributed by atoms with E-state index in [1.165, 1.54) is 30.4 Å². The second-order valence-electron chi connectivity index (χ2n) is 6.45. The first kappa shape index (κ1) is 21.2. The molecule has 1 aromatic heterocycles. The zero-order valence-corrected chi connectivity index (χ0v) is 18.4. The third kappa shape index (κ3) is 4.75. The molecule has 1 heterocycles. The summed E-state index contributed by atoms with van der Waals surface area (Å²) >= 11 is 13.3. The van der Waals surface area contributed by atoms with E-state index in [-0.39, 0.29) is 11.7 Å². The van der Waals surface area contributed by atoms with Crippen molar-refractivity contribution in [3.63, 3.8) is 0 Å². The minimum atomic E-state index is -0.251. The molecule has 148 valence electrons. The van der Waals surface area contributed by atoms with Gasteiger partial charge in [0.1, 0.15) is 0 Å². The molecule has 0 unspecified atom stereocenters. The lowest BCUT2D eigenvalue weighted by Crippen LogP contribution is -2.23. The van der Waals surface area contributed by atoms with E-state index in [4.69, 9.17) is 23.2 Å². The number of thiazole rings is 1. The van der Waals surface area contributed by atoms with Crippen LogP contribution in [-0.2, 0) is 4.79 Å². The fourth-order valence-electron chi connectivity index (χ4n) is 2.78. The molecule has 0 bridgehead atoms. The van der Waals surface area contributed by atoms with Gasteiger partial charge in [-0.05, 0) is 61.4 Å². The maximum absolute atomic E-state index is 12.4. The van der Waals surface area contributed by atoms with Crippen LogP contribution < -0.4 is 4.90 Å². The maximum atomic E-state index is 12.4. The molecule has 1 amide bonds. The summed E-state index contributed by atoms with van der Waals surface area (Å²) in [6, 6.07) is 10.5. The zero-order chi connectivity index (χ0) is 21.1. The SMILES string of the molecule is CC(=O)N(c1nc(/C=C/C(=O)c2ccc(Cl)cc2Cl)cs1)c1cccc(C)c1C. The smallest absolute Gasteiger partial charge is 0.230 e. The Bertz CT molecular complexity index is 1120.